The number of anilines is 1. The van der Waals surface area contributed by atoms with Gasteiger partial charge in [0, 0.05) is 50.1 Å². The zero-order valence-electron chi connectivity index (χ0n) is 14.2. The second-order valence-electron chi connectivity index (χ2n) is 6.78. The average Bonchev–Trinajstić information content (AvgIpc) is 3.11. The van der Waals surface area contributed by atoms with E-state index in [-0.39, 0.29) is 5.82 Å². The lowest BCUT2D eigenvalue weighted by Crippen LogP contribution is -2.53. The molecule has 0 saturated carbocycles. The largest absolute Gasteiger partial charge is 0.436 e. The van der Waals surface area contributed by atoms with Crippen molar-refractivity contribution >= 4 is 27.7 Å². The van der Waals surface area contributed by atoms with Crippen molar-refractivity contribution in [1.82, 2.24) is 24.4 Å². The van der Waals surface area contributed by atoms with Gasteiger partial charge in [-0.15, -0.1) is 0 Å². The Labute approximate surface area is 158 Å². The van der Waals surface area contributed by atoms with Crippen molar-refractivity contribution < 1.29 is 9.66 Å². The molecule has 4 heterocycles. The third-order valence-corrected chi connectivity index (χ3v) is 4.99. The summed E-state index contributed by atoms with van der Waals surface area (Å²) >= 11 is 3.35. The zero-order valence-corrected chi connectivity index (χ0v) is 15.8. The van der Waals surface area contributed by atoms with Gasteiger partial charge in [0.2, 0.25) is 5.95 Å². The van der Waals surface area contributed by atoms with Crippen LogP contribution in [0.15, 0.2) is 23.1 Å². The maximum atomic E-state index is 10.8. The molecule has 1 unspecified atom stereocenters. The minimum atomic E-state index is -0.505. The second kappa shape index (κ2) is 6.47. The number of nitrogens with zero attached hydrogens (tertiary/aromatic N) is 7. The first kappa shape index (κ1) is 17.2. The highest BCUT2D eigenvalue weighted by molar-refractivity contribution is 9.10. The van der Waals surface area contributed by atoms with Gasteiger partial charge < -0.3 is 19.8 Å². The molecule has 1 fully saturated rings. The van der Waals surface area contributed by atoms with Gasteiger partial charge in [-0.1, -0.05) is 0 Å². The van der Waals surface area contributed by atoms with Crippen LogP contribution in [0, 0.1) is 10.1 Å². The molecule has 0 aliphatic carbocycles. The molecule has 1 atom stereocenters. The van der Waals surface area contributed by atoms with Crippen molar-refractivity contribution in [3.05, 3.63) is 33.2 Å². The molecule has 10 nitrogen and oxygen atoms in total. The Hall–Kier alpha value is -2.27. The predicted octanol–water partition coefficient (Wildman–Crippen LogP) is 1.32. The second-order valence-corrected chi connectivity index (χ2v) is 7.70. The molecule has 2 aliphatic rings. The number of piperazine rings is 1. The fourth-order valence-corrected chi connectivity index (χ4v) is 3.62. The lowest BCUT2D eigenvalue weighted by Gasteiger charge is -2.37. The summed E-state index contributed by atoms with van der Waals surface area (Å²) in [5.74, 6) is 0.564. The van der Waals surface area contributed by atoms with Crippen LogP contribution in [0.5, 0.6) is 6.01 Å². The van der Waals surface area contributed by atoms with E-state index in [9.17, 15) is 10.1 Å². The summed E-state index contributed by atoms with van der Waals surface area (Å²) in [4.78, 5) is 27.4. The van der Waals surface area contributed by atoms with E-state index in [0.717, 1.165) is 43.1 Å². The number of rotatable bonds is 4. The molecule has 4 rings (SSSR count). The van der Waals surface area contributed by atoms with Crippen molar-refractivity contribution in [2.24, 2.45) is 0 Å². The van der Waals surface area contributed by atoms with Crippen molar-refractivity contribution in [3.63, 3.8) is 0 Å². The summed E-state index contributed by atoms with van der Waals surface area (Å²) in [6.45, 7) is 6.74. The zero-order chi connectivity index (χ0) is 18.3. The third-order valence-electron chi connectivity index (χ3n) is 4.58. The standard InChI is InChI=1S/C15H18BrN7O3/c1-15(10-22-8-12(23(24)25)19-14(22)26-15)9-20-2-4-21(5-3-20)13-17-6-11(16)7-18-13/h6-8H,2-5,9-10H2,1H3. The molecular weight excluding hydrogens is 406 g/mol. The Kier molecular flexibility index (Phi) is 4.27. The number of nitro groups is 1. The van der Waals surface area contributed by atoms with Gasteiger partial charge in [0.05, 0.1) is 11.0 Å². The van der Waals surface area contributed by atoms with Crippen molar-refractivity contribution in [2.75, 3.05) is 37.6 Å². The van der Waals surface area contributed by atoms with Crippen molar-refractivity contribution in [1.29, 1.82) is 0 Å². The van der Waals surface area contributed by atoms with Crippen LogP contribution < -0.4 is 9.64 Å². The van der Waals surface area contributed by atoms with Crippen LogP contribution in [-0.4, -0.2) is 67.7 Å². The van der Waals surface area contributed by atoms with E-state index in [1.54, 1.807) is 17.0 Å². The number of halogens is 1. The summed E-state index contributed by atoms with van der Waals surface area (Å²) in [5.41, 5.74) is -0.437. The lowest BCUT2D eigenvalue weighted by molar-refractivity contribution is -0.389. The summed E-state index contributed by atoms with van der Waals surface area (Å²) in [7, 11) is 0. The summed E-state index contributed by atoms with van der Waals surface area (Å²) in [6, 6.07) is 0.320. The van der Waals surface area contributed by atoms with Crippen LogP contribution in [0.1, 0.15) is 6.92 Å². The Morgan fingerprint density at radius 3 is 2.62 bits per heavy atom. The first-order chi connectivity index (χ1) is 12.4. The maximum absolute atomic E-state index is 10.8. The number of hydrogen-bond acceptors (Lipinski definition) is 8. The Balaban J connectivity index is 1.33. The lowest BCUT2D eigenvalue weighted by atomic mass is 10.1. The highest BCUT2D eigenvalue weighted by Gasteiger charge is 2.41. The smallest absolute Gasteiger partial charge is 0.415 e. The molecule has 2 aliphatic heterocycles. The molecule has 0 amide bonds. The van der Waals surface area contributed by atoms with Gasteiger partial charge in [0.15, 0.2) is 0 Å². The molecule has 2 aromatic rings. The number of aromatic nitrogens is 4. The van der Waals surface area contributed by atoms with Crippen LogP contribution in [0.2, 0.25) is 0 Å². The first-order valence-corrected chi connectivity index (χ1v) is 9.07. The Morgan fingerprint density at radius 2 is 2.00 bits per heavy atom. The maximum Gasteiger partial charge on any atom is 0.415 e. The molecule has 1 saturated heterocycles. The fourth-order valence-electron chi connectivity index (χ4n) is 3.41. The van der Waals surface area contributed by atoms with E-state index in [2.05, 4.69) is 40.7 Å². The molecule has 138 valence electrons. The quantitative estimate of drug-likeness (QED) is 0.535. The van der Waals surface area contributed by atoms with Gasteiger partial charge in [-0.3, -0.25) is 9.47 Å². The van der Waals surface area contributed by atoms with Crippen LogP contribution in [-0.2, 0) is 6.54 Å². The van der Waals surface area contributed by atoms with E-state index in [0.29, 0.717) is 12.6 Å². The molecule has 0 aromatic carbocycles. The normalized spacial score (nSPS) is 22.9. The molecule has 0 radical (unpaired) electrons. The van der Waals surface area contributed by atoms with E-state index < -0.39 is 10.5 Å². The molecule has 0 spiro atoms. The van der Waals surface area contributed by atoms with Gasteiger partial charge in [0.25, 0.3) is 0 Å². The van der Waals surface area contributed by atoms with E-state index in [1.807, 2.05) is 6.92 Å². The molecule has 2 aromatic heterocycles. The third kappa shape index (κ3) is 3.36. The van der Waals surface area contributed by atoms with Crippen molar-refractivity contribution in [3.8, 4) is 6.01 Å². The fraction of sp³-hybridized carbons (Fsp3) is 0.533. The summed E-state index contributed by atoms with van der Waals surface area (Å²) in [6.07, 6.45) is 4.94. The Morgan fingerprint density at radius 1 is 1.31 bits per heavy atom. The summed E-state index contributed by atoms with van der Waals surface area (Å²) < 4.78 is 8.49. The van der Waals surface area contributed by atoms with Crippen molar-refractivity contribution in [2.45, 2.75) is 19.1 Å². The van der Waals surface area contributed by atoms with E-state index in [4.69, 9.17) is 4.74 Å². The average molecular weight is 424 g/mol. The molecule has 26 heavy (non-hydrogen) atoms. The highest BCUT2D eigenvalue weighted by Crippen LogP contribution is 2.31. The minimum Gasteiger partial charge on any atom is -0.436 e. The highest BCUT2D eigenvalue weighted by atomic mass is 79.9. The SMILES string of the molecule is CC1(CN2CCN(c3ncc(Br)cn3)CC2)Cn2cc([N+](=O)[O-])nc2O1. The Bertz CT molecular complexity index is 794. The summed E-state index contributed by atoms with van der Waals surface area (Å²) in [5, 5.41) is 10.8. The number of ether oxygens (including phenoxy) is 1. The molecular formula is C15H18BrN7O3. The van der Waals surface area contributed by atoms with E-state index >= 15 is 0 Å². The first-order valence-electron chi connectivity index (χ1n) is 8.27. The van der Waals surface area contributed by atoms with Gasteiger partial charge in [-0.05, 0) is 27.8 Å². The van der Waals surface area contributed by atoms with Gasteiger partial charge >= 0.3 is 11.8 Å². The van der Waals surface area contributed by atoms with Crippen LogP contribution in [0.4, 0.5) is 11.8 Å². The van der Waals surface area contributed by atoms with Crippen LogP contribution in [0.25, 0.3) is 0 Å². The van der Waals surface area contributed by atoms with Crippen LogP contribution >= 0.6 is 15.9 Å². The molecule has 11 heteroatoms. The van der Waals surface area contributed by atoms with Crippen LogP contribution in [0.3, 0.4) is 0 Å². The molecule has 0 bridgehead atoms. The molecule has 0 N–H and O–H groups in total. The van der Waals surface area contributed by atoms with E-state index in [1.165, 1.54) is 6.20 Å². The number of fused-ring (bicyclic) bond motifs is 1. The monoisotopic (exact) mass is 423 g/mol. The van der Waals surface area contributed by atoms with Gasteiger partial charge in [-0.2, -0.15) is 0 Å². The predicted molar refractivity (Wildman–Crippen MR) is 96.3 cm³/mol. The minimum absolute atomic E-state index is 0.176. The van der Waals surface area contributed by atoms with Gasteiger partial charge in [-0.25, -0.2) is 9.97 Å². The topological polar surface area (TPSA) is 102 Å². The number of hydrogen-bond donors (Lipinski definition) is 0. The van der Waals surface area contributed by atoms with Gasteiger partial charge in [0.1, 0.15) is 11.8 Å². The number of imidazole rings is 1.